The van der Waals surface area contributed by atoms with E-state index in [1.54, 1.807) is 6.07 Å². The molecule has 0 bridgehead atoms. The molecule has 0 unspecified atom stereocenters. The van der Waals surface area contributed by atoms with Crippen LogP contribution in [0.1, 0.15) is 28.2 Å². The van der Waals surface area contributed by atoms with Gasteiger partial charge in [0.05, 0.1) is 6.54 Å². The van der Waals surface area contributed by atoms with Crippen molar-refractivity contribution >= 4 is 11.3 Å². The largest absolute Gasteiger partial charge is 0.449 e. The van der Waals surface area contributed by atoms with Gasteiger partial charge in [0, 0.05) is 16.3 Å². The summed E-state index contributed by atoms with van der Waals surface area (Å²) in [4.78, 5) is 2.74. The lowest BCUT2D eigenvalue weighted by Crippen LogP contribution is -2.10. The van der Waals surface area contributed by atoms with Gasteiger partial charge in [-0.3, -0.25) is 0 Å². The van der Waals surface area contributed by atoms with E-state index in [2.05, 4.69) is 24.4 Å². The van der Waals surface area contributed by atoms with Gasteiger partial charge in [0.25, 0.3) is 0 Å². The van der Waals surface area contributed by atoms with Gasteiger partial charge in [0.2, 0.25) is 5.76 Å². The number of thiophene rings is 1. The van der Waals surface area contributed by atoms with Gasteiger partial charge in [-0.05, 0) is 30.7 Å². The summed E-state index contributed by atoms with van der Waals surface area (Å²) in [5.41, 5.74) is 0. The van der Waals surface area contributed by atoms with Crippen molar-refractivity contribution in [1.29, 1.82) is 5.26 Å². The molecule has 2 aromatic heterocycles. The summed E-state index contributed by atoms with van der Waals surface area (Å²) in [6, 6.07) is 9.82. The predicted octanol–water partition coefficient (Wildman–Crippen LogP) is 3.06. The smallest absolute Gasteiger partial charge is 0.203 e. The standard InChI is InChI=1S/C13H14N2OS/c1-2-12-5-6-13(17-12)9-15-8-11-4-3-10(7-14)16-11/h3-6,15H,2,8-9H2,1H3. The molecule has 2 rings (SSSR count). The quantitative estimate of drug-likeness (QED) is 0.882. The molecular weight excluding hydrogens is 232 g/mol. The predicted molar refractivity (Wildman–Crippen MR) is 67.7 cm³/mol. The molecule has 3 nitrogen and oxygen atoms in total. The molecule has 0 aliphatic heterocycles. The monoisotopic (exact) mass is 246 g/mol. The van der Waals surface area contributed by atoms with E-state index in [0.29, 0.717) is 12.3 Å². The second-order valence-electron chi connectivity index (χ2n) is 3.70. The van der Waals surface area contributed by atoms with Gasteiger partial charge in [-0.15, -0.1) is 11.3 Å². The molecule has 0 saturated carbocycles. The van der Waals surface area contributed by atoms with Crippen LogP contribution in [0.3, 0.4) is 0 Å². The Morgan fingerprint density at radius 2 is 2.06 bits per heavy atom. The Bertz CT molecular complexity index is 522. The summed E-state index contributed by atoms with van der Waals surface area (Å²) in [6.45, 7) is 3.66. The third kappa shape index (κ3) is 3.19. The summed E-state index contributed by atoms with van der Waals surface area (Å²) in [5, 5.41) is 11.9. The summed E-state index contributed by atoms with van der Waals surface area (Å²) < 4.78 is 5.28. The van der Waals surface area contributed by atoms with Crippen LogP contribution in [0, 0.1) is 11.3 Å². The molecule has 0 fully saturated rings. The minimum atomic E-state index is 0.367. The van der Waals surface area contributed by atoms with E-state index in [0.717, 1.165) is 18.7 Å². The van der Waals surface area contributed by atoms with Crippen LogP contribution < -0.4 is 5.32 Å². The highest BCUT2D eigenvalue weighted by Crippen LogP contribution is 2.16. The van der Waals surface area contributed by atoms with Crippen LogP contribution in [-0.2, 0) is 19.5 Å². The summed E-state index contributed by atoms with van der Waals surface area (Å²) in [6.07, 6.45) is 1.09. The zero-order chi connectivity index (χ0) is 12.1. The van der Waals surface area contributed by atoms with Gasteiger partial charge >= 0.3 is 0 Å². The van der Waals surface area contributed by atoms with E-state index < -0.39 is 0 Å². The zero-order valence-electron chi connectivity index (χ0n) is 9.69. The van der Waals surface area contributed by atoms with Crippen molar-refractivity contribution in [2.45, 2.75) is 26.4 Å². The normalized spacial score (nSPS) is 10.4. The van der Waals surface area contributed by atoms with E-state index in [1.807, 2.05) is 23.5 Å². The van der Waals surface area contributed by atoms with Gasteiger partial charge < -0.3 is 9.73 Å². The summed E-state index contributed by atoms with van der Waals surface area (Å²) in [7, 11) is 0. The van der Waals surface area contributed by atoms with Crippen molar-refractivity contribution in [3.63, 3.8) is 0 Å². The molecule has 2 heterocycles. The van der Waals surface area contributed by atoms with Crippen molar-refractivity contribution in [2.75, 3.05) is 0 Å². The lowest BCUT2D eigenvalue weighted by atomic mass is 10.3. The van der Waals surface area contributed by atoms with Crippen molar-refractivity contribution < 1.29 is 4.42 Å². The molecule has 17 heavy (non-hydrogen) atoms. The van der Waals surface area contributed by atoms with Gasteiger partial charge in [-0.25, -0.2) is 0 Å². The first kappa shape index (κ1) is 11.9. The molecule has 1 N–H and O–H groups in total. The first-order chi connectivity index (χ1) is 8.31. The van der Waals surface area contributed by atoms with Crippen LogP contribution in [0.15, 0.2) is 28.7 Å². The summed E-state index contributed by atoms with van der Waals surface area (Å²) >= 11 is 1.83. The number of furan rings is 1. The SMILES string of the molecule is CCc1ccc(CNCc2ccc(C#N)o2)s1. The lowest BCUT2D eigenvalue weighted by Gasteiger charge is -1.99. The lowest BCUT2D eigenvalue weighted by molar-refractivity contribution is 0.474. The van der Waals surface area contributed by atoms with Crippen LogP contribution in [0.4, 0.5) is 0 Å². The van der Waals surface area contributed by atoms with E-state index >= 15 is 0 Å². The number of nitrogens with one attached hydrogen (secondary N) is 1. The molecule has 0 saturated heterocycles. The Morgan fingerprint density at radius 1 is 1.24 bits per heavy atom. The first-order valence-corrected chi connectivity index (χ1v) is 6.40. The molecule has 0 amide bonds. The maximum Gasteiger partial charge on any atom is 0.203 e. The third-order valence-corrected chi connectivity index (χ3v) is 3.67. The van der Waals surface area contributed by atoms with Crippen LogP contribution in [0.2, 0.25) is 0 Å². The van der Waals surface area contributed by atoms with E-state index in [9.17, 15) is 0 Å². The Labute approximate surface area is 105 Å². The number of hydrogen-bond donors (Lipinski definition) is 1. The molecular formula is C13H14N2OS. The average Bonchev–Trinajstić information content (AvgIpc) is 2.97. The molecule has 0 spiro atoms. The van der Waals surface area contributed by atoms with Gasteiger partial charge in [0.1, 0.15) is 11.8 Å². The fourth-order valence-electron chi connectivity index (χ4n) is 1.55. The Morgan fingerprint density at radius 3 is 2.71 bits per heavy atom. The topological polar surface area (TPSA) is 49.0 Å². The van der Waals surface area contributed by atoms with Crippen molar-refractivity contribution in [3.05, 3.63) is 45.5 Å². The zero-order valence-corrected chi connectivity index (χ0v) is 10.5. The summed E-state index contributed by atoms with van der Waals surface area (Å²) in [5.74, 6) is 1.17. The number of nitriles is 1. The number of aryl methyl sites for hydroxylation is 1. The van der Waals surface area contributed by atoms with Crippen molar-refractivity contribution in [2.24, 2.45) is 0 Å². The highest BCUT2D eigenvalue weighted by molar-refractivity contribution is 7.11. The highest BCUT2D eigenvalue weighted by Gasteiger charge is 2.02. The van der Waals surface area contributed by atoms with Gasteiger partial charge in [-0.2, -0.15) is 5.26 Å². The minimum absolute atomic E-state index is 0.367. The fourth-order valence-corrected chi connectivity index (χ4v) is 2.48. The van der Waals surface area contributed by atoms with E-state index in [4.69, 9.17) is 9.68 Å². The fraction of sp³-hybridized carbons (Fsp3) is 0.308. The van der Waals surface area contributed by atoms with Crippen molar-refractivity contribution in [1.82, 2.24) is 5.32 Å². The second-order valence-corrected chi connectivity index (χ2v) is 4.96. The first-order valence-electron chi connectivity index (χ1n) is 5.59. The molecule has 4 heteroatoms. The van der Waals surface area contributed by atoms with Gasteiger partial charge in [-0.1, -0.05) is 6.92 Å². The van der Waals surface area contributed by atoms with Crippen LogP contribution in [0.25, 0.3) is 0 Å². The highest BCUT2D eigenvalue weighted by atomic mass is 32.1. The number of nitrogens with zero attached hydrogens (tertiary/aromatic N) is 1. The molecule has 0 atom stereocenters. The molecule has 0 aliphatic rings. The molecule has 0 aromatic carbocycles. The molecule has 0 radical (unpaired) electrons. The Balaban J connectivity index is 1.81. The Hall–Kier alpha value is -1.57. The van der Waals surface area contributed by atoms with Crippen LogP contribution in [0.5, 0.6) is 0 Å². The van der Waals surface area contributed by atoms with E-state index in [1.165, 1.54) is 9.75 Å². The molecule has 2 aromatic rings. The Kier molecular flexibility index (Phi) is 3.97. The second kappa shape index (κ2) is 5.67. The van der Waals surface area contributed by atoms with E-state index in [-0.39, 0.29) is 0 Å². The number of hydrogen-bond acceptors (Lipinski definition) is 4. The maximum atomic E-state index is 8.62. The molecule has 0 aliphatic carbocycles. The third-order valence-electron chi connectivity index (χ3n) is 2.44. The van der Waals surface area contributed by atoms with Crippen LogP contribution >= 0.6 is 11.3 Å². The van der Waals surface area contributed by atoms with Gasteiger partial charge in [0.15, 0.2) is 0 Å². The van der Waals surface area contributed by atoms with Crippen molar-refractivity contribution in [3.8, 4) is 6.07 Å². The minimum Gasteiger partial charge on any atom is -0.449 e. The number of rotatable bonds is 5. The molecule has 88 valence electrons. The maximum absolute atomic E-state index is 8.62. The average molecular weight is 246 g/mol. The van der Waals surface area contributed by atoms with Crippen LogP contribution in [-0.4, -0.2) is 0 Å².